The lowest BCUT2D eigenvalue weighted by atomic mass is 10.1. The first-order valence-electron chi connectivity index (χ1n) is 10.4. The number of pyridine rings is 1. The van der Waals surface area contributed by atoms with Gasteiger partial charge in [-0.1, -0.05) is 18.2 Å². The monoisotopic (exact) mass is 470 g/mol. The van der Waals surface area contributed by atoms with Crippen LogP contribution in [0.15, 0.2) is 60.9 Å². The summed E-state index contributed by atoms with van der Waals surface area (Å²) in [6.45, 7) is 0.639. The molecule has 9 heteroatoms. The fourth-order valence-electron chi connectivity index (χ4n) is 3.11. The predicted molar refractivity (Wildman–Crippen MR) is 121 cm³/mol. The topological polar surface area (TPSA) is 94.6 Å². The van der Waals surface area contributed by atoms with Crippen LogP contribution in [0.1, 0.15) is 28.8 Å². The summed E-state index contributed by atoms with van der Waals surface area (Å²) in [4.78, 5) is 16.1. The van der Waals surface area contributed by atoms with Crippen LogP contribution in [0, 0.1) is 11.7 Å². The van der Waals surface area contributed by atoms with Crippen LogP contribution in [0.3, 0.4) is 0 Å². The smallest absolute Gasteiger partial charge is 0.264 e. The summed E-state index contributed by atoms with van der Waals surface area (Å²) in [5.41, 5.74) is 1.89. The predicted octanol–water partition coefficient (Wildman–Crippen LogP) is 3.94. The molecule has 1 aliphatic rings. The average Bonchev–Trinajstić information content (AvgIpc) is 3.61. The van der Waals surface area contributed by atoms with Crippen molar-refractivity contribution in [3.8, 4) is 22.6 Å². The lowest BCUT2D eigenvalue weighted by Gasteiger charge is -2.11. The van der Waals surface area contributed by atoms with E-state index in [4.69, 9.17) is 9.47 Å². The third kappa shape index (κ3) is 6.52. The van der Waals surface area contributed by atoms with Crippen LogP contribution in [-0.2, 0) is 16.6 Å². The van der Waals surface area contributed by atoms with Crippen molar-refractivity contribution in [3.63, 3.8) is 0 Å². The van der Waals surface area contributed by atoms with Crippen LogP contribution >= 0.6 is 0 Å². The van der Waals surface area contributed by atoms with Gasteiger partial charge in [-0.25, -0.2) is 17.5 Å². The van der Waals surface area contributed by atoms with E-state index in [1.807, 2.05) is 24.3 Å². The van der Waals surface area contributed by atoms with Gasteiger partial charge in [-0.2, -0.15) is 0 Å². The molecular formula is C24H23FN2O5S. The highest BCUT2D eigenvalue weighted by molar-refractivity contribution is 7.89. The zero-order valence-corrected chi connectivity index (χ0v) is 18.8. The highest BCUT2D eigenvalue weighted by atomic mass is 32.2. The summed E-state index contributed by atoms with van der Waals surface area (Å²) in [5.74, 6) is 0.336. The summed E-state index contributed by atoms with van der Waals surface area (Å²) in [5, 5.41) is 0. The quantitative estimate of drug-likeness (QED) is 0.509. The van der Waals surface area contributed by atoms with E-state index in [1.165, 1.54) is 25.0 Å². The zero-order valence-electron chi connectivity index (χ0n) is 18.0. The number of aromatic nitrogens is 1. The number of carbonyl (C=O) groups is 1. The zero-order chi connectivity index (χ0) is 23.4. The van der Waals surface area contributed by atoms with E-state index >= 15 is 0 Å². The average molecular weight is 471 g/mol. The number of nitrogens with zero attached hydrogens (tertiary/aromatic N) is 1. The number of rotatable bonds is 9. The number of ether oxygens (including phenoxy) is 2. The van der Waals surface area contributed by atoms with Crippen molar-refractivity contribution >= 4 is 15.9 Å². The number of carbonyl (C=O) groups excluding carboxylic acids is 1. The second-order valence-corrected chi connectivity index (χ2v) is 9.74. The van der Waals surface area contributed by atoms with Gasteiger partial charge in [0.05, 0.1) is 19.1 Å². The van der Waals surface area contributed by atoms with Gasteiger partial charge in [0.1, 0.15) is 23.9 Å². The number of hydrogen-bond donors (Lipinski definition) is 1. The van der Waals surface area contributed by atoms with E-state index in [1.54, 1.807) is 23.2 Å². The maximum Gasteiger partial charge on any atom is 0.264 e. The van der Waals surface area contributed by atoms with Gasteiger partial charge in [0.15, 0.2) is 0 Å². The third-order valence-corrected chi connectivity index (χ3v) is 5.61. The number of hydrogen-bond acceptors (Lipinski definition) is 6. The Kier molecular flexibility index (Phi) is 6.60. The number of halogens is 1. The molecule has 33 heavy (non-hydrogen) atoms. The minimum absolute atomic E-state index is 0.0634. The molecule has 0 radical (unpaired) electrons. The van der Waals surface area contributed by atoms with Gasteiger partial charge in [0.2, 0.25) is 10.0 Å². The van der Waals surface area contributed by atoms with Crippen molar-refractivity contribution in [2.75, 3.05) is 12.9 Å². The summed E-state index contributed by atoms with van der Waals surface area (Å²) < 4.78 is 50.1. The van der Waals surface area contributed by atoms with Crippen molar-refractivity contribution in [3.05, 3.63) is 77.9 Å². The van der Waals surface area contributed by atoms with E-state index in [2.05, 4.69) is 4.98 Å². The standard InChI is InChI=1S/C24H23FN2O5S/c1-33(29,30)27-24(28)18-7-8-19(23(25)11-18)15-32-21-4-2-3-17(9-21)20-10-22(13-26-12-20)31-14-16-5-6-16/h2-4,7-13,16H,5-6,14-15H2,1H3,(H,27,28). The highest BCUT2D eigenvalue weighted by Gasteiger charge is 2.22. The molecule has 0 unspecified atom stereocenters. The van der Waals surface area contributed by atoms with Crippen LogP contribution in [0.25, 0.3) is 11.1 Å². The molecule has 0 bridgehead atoms. The highest BCUT2D eigenvalue weighted by Crippen LogP contribution is 2.31. The van der Waals surface area contributed by atoms with E-state index in [0.29, 0.717) is 24.0 Å². The molecule has 1 aliphatic carbocycles. The van der Waals surface area contributed by atoms with E-state index in [9.17, 15) is 17.6 Å². The normalized spacial score (nSPS) is 13.4. The Morgan fingerprint density at radius 1 is 1.06 bits per heavy atom. The molecule has 4 rings (SSSR count). The lowest BCUT2D eigenvalue weighted by Crippen LogP contribution is -2.29. The van der Waals surface area contributed by atoms with Crippen LogP contribution in [0.2, 0.25) is 0 Å². The van der Waals surface area contributed by atoms with Gasteiger partial charge in [0, 0.05) is 22.9 Å². The molecule has 7 nitrogen and oxygen atoms in total. The molecule has 1 saturated carbocycles. The molecule has 1 amide bonds. The maximum absolute atomic E-state index is 14.4. The molecule has 3 aromatic rings. The number of sulfonamides is 1. The van der Waals surface area contributed by atoms with Crippen LogP contribution in [-0.4, -0.2) is 32.2 Å². The van der Waals surface area contributed by atoms with Gasteiger partial charge < -0.3 is 9.47 Å². The lowest BCUT2D eigenvalue weighted by molar-refractivity contribution is 0.0981. The Morgan fingerprint density at radius 2 is 1.85 bits per heavy atom. The molecule has 1 heterocycles. The maximum atomic E-state index is 14.4. The van der Waals surface area contributed by atoms with Crippen molar-refractivity contribution in [1.29, 1.82) is 0 Å². The van der Waals surface area contributed by atoms with Crippen LogP contribution < -0.4 is 14.2 Å². The Labute approximate surface area is 191 Å². The summed E-state index contributed by atoms with van der Waals surface area (Å²) in [6, 6.07) is 13.0. The summed E-state index contributed by atoms with van der Waals surface area (Å²) >= 11 is 0. The number of amides is 1. The van der Waals surface area contributed by atoms with Crippen molar-refractivity contribution in [2.45, 2.75) is 19.4 Å². The van der Waals surface area contributed by atoms with Crippen molar-refractivity contribution in [1.82, 2.24) is 9.71 Å². The Morgan fingerprint density at radius 3 is 2.58 bits per heavy atom. The Balaban J connectivity index is 1.42. The van der Waals surface area contributed by atoms with Gasteiger partial charge in [-0.3, -0.25) is 9.78 Å². The SMILES string of the molecule is CS(=O)(=O)NC(=O)c1ccc(COc2cccc(-c3cncc(OCC4CC4)c3)c2)c(F)c1. The fraction of sp³-hybridized carbons (Fsp3) is 0.250. The van der Waals surface area contributed by atoms with E-state index in [0.717, 1.165) is 23.4 Å². The van der Waals surface area contributed by atoms with E-state index < -0.39 is 21.7 Å². The fourth-order valence-corrected chi connectivity index (χ4v) is 3.57. The third-order valence-electron chi connectivity index (χ3n) is 5.05. The first-order valence-corrected chi connectivity index (χ1v) is 12.3. The van der Waals surface area contributed by atoms with Crippen LogP contribution in [0.4, 0.5) is 4.39 Å². The molecule has 1 N–H and O–H groups in total. The molecule has 2 aromatic carbocycles. The molecule has 1 fully saturated rings. The first kappa shape index (κ1) is 22.7. The van der Waals surface area contributed by atoms with Crippen LogP contribution in [0.5, 0.6) is 11.5 Å². The van der Waals surface area contributed by atoms with E-state index in [-0.39, 0.29) is 17.7 Å². The summed E-state index contributed by atoms with van der Waals surface area (Å²) in [7, 11) is -3.73. The second-order valence-electron chi connectivity index (χ2n) is 7.99. The van der Waals surface area contributed by atoms with Gasteiger partial charge >= 0.3 is 0 Å². The number of nitrogens with one attached hydrogen (secondary N) is 1. The molecular weight excluding hydrogens is 447 g/mol. The van der Waals surface area contributed by atoms with Gasteiger partial charge in [-0.15, -0.1) is 0 Å². The minimum atomic E-state index is -3.73. The summed E-state index contributed by atoms with van der Waals surface area (Å²) in [6.07, 6.45) is 6.70. The molecule has 0 aliphatic heterocycles. The van der Waals surface area contributed by atoms with Gasteiger partial charge in [0.25, 0.3) is 5.91 Å². The Hall–Kier alpha value is -3.46. The first-order chi connectivity index (χ1) is 15.8. The molecule has 0 atom stereocenters. The van der Waals surface area contributed by atoms with Crippen molar-refractivity contribution < 1.29 is 27.1 Å². The minimum Gasteiger partial charge on any atom is -0.492 e. The molecule has 0 saturated heterocycles. The second kappa shape index (κ2) is 9.58. The molecule has 0 spiro atoms. The van der Waals surface area contributed by atoms with Crippen molar-refractivity contribution in [2.24, 2.45) is 5.92 Å². The largest absolute Gasteiger partial charge is 0.492 e. The Bertz CT molecular complexity index is 1280. The molecule has 172 valence electrons. The number of benzene rings is 2. The molecule has 1 aromatic heterocycles. The van der Waals surface area contributed by atoms with Gasteiger partial charge in [-0.05, 0) is 54.7 Å².